The summed E-state index contributed by atoms with van der Waals surface area (Å²) in [6, 6.07) is 6.37. The molecule has 2 nitrogen and oxygen atoms in total. The van der Waals surface area contributed by atoms with Gasteiger partial charge < -0.3 is 10.5 Å². The molecule has 2 rings (SSSR count). The molecule has 100 valence electrons. The van der Waals surface area contributed by atoms with E-state index in [0.717, 1.165) is 22.6 Å². The molecule has 0 radical (unpaired) electrons. The van der Waals surface area contributed by atoms with E-state index in [1.54, 1.807) is 7.11 Å². The first-order valence-corrected chi connectivity index (χ1v) is 7.49. The summed E-state index contributed by atoms with van der Waals surface area (Å²) < 4.78 is 6.50. The topological polar surface area (TPSA) is 35.2 Å². The Morgan fingerprint density at radius 2 is 2.22 bits per heavy atom. The molecule has 0 spiro atoms. The maximum Gasteiger partial charge on any atom is 0.122 e. The molecule has 0 aliphatic heterocycles. The van der Waals surface area contributed by atoms with Gasteiger partial charge in [-0.25, -0.2) is 0 Å². The third kappa shape index (κ3) is 3.07. The average Bonchev–Trinajstić information content (AvgIpc) is 2.76. The van der Waals surface area contributed by atoms with Crippen LogP contribution in [0, 0.1) is 11.8 Å². The minimum atomic E-state index is 0.241. The van der Waals surface area contributed by atoms with E-state index in [2.05, 4.69) is 28.9 Å². The Balaban J connectivity index is 2.10. The van der Waals surface area contributed by atoms with Crippen molar-refractivity contribution in [2.45, 2.75) is 38.6 Å². The predicted octanol–water partition coefficient (Wildman–Crippen LogP) is 3.76. The number of benzene rings is 1. The zero-order chi connectivity index (χ0) is 13.1. The van der Waals surface area contributed by atoms with Crippen molar-refractivity contribution in [3.8, 4) is 5.75 Å². The van der Waals surface area contributed by atoms with Crippen molar-refractivity contribution in [2.75, 3.05) is 7.11 Å². The van der Waals surface area contributed by atoms with Gasteiger partial charge in [-0.05, 0) is 48.4 Å². The van der Waals surface area contributed by atoms with E-state index in [1.165, 1.54) is 24.8 Å². The molecule has 18 heavy (non-hydrogen) atoms. The van der Waals surface area contributed by atoms with Crippen LogP contribution >= 0.6 is 15.9 Å². The summed E-state index contributed by atoms with van der Waals surface area (Å²) in [5.41, 5.74) is 7.61. The van der Waals surface area contributed by atoms with Crippen molar-refractivity contribution in [1.82, 2.24) is 0 Å². The van der Waals surface area contributed by atoms with Crippen molar-refractivity contribution < 1.29 is 4.74 Å². The Morgan fingerprint density at radius 3 is 2.83 bits per heavy atom. The molecule has 1 saturated carbocycles. The fourth-order valence-corrected chi connectivity index (χ4v) is 3.53. The molecular weight excluding hydrogens is 290 g/mol. The van der Waals surface area contributed by atoms with Crippen LogP contribution in [0.25, 0.3) is 0 Å². The summed E-state index contributed by atoms with van der Waals surface area (Å²) in [7, 11) is 1.72. The van der Waals surface area contributed by atoms with Gasteiger partial charge in [-0.3, -0.25) is 0 Å². The molecule has 2 N–H and O–H groups in total. The van der Waals surface area contributed by atoms with Gasteiger partial charge in [0.25, 0.3) is 0 Å². The summed E-state index contributed by atoms with van der Waals surface area (Å²) in [6.45, 7) is 2.33. The van der Waals surface area contributed by atoms with Gasteiger partial charge in [-0.1, -0.05) is 35.7 Å². The highest BCUT2D eigenvalue weighted by molar-refractivity contribution is 9.10. The summed E-state index contributed by atoms with van der Waals surface area (Å²) in [5.74, 6) is 2.37. The molecule has 3 heteroatoms. The maximum atomic E-state index is 6.40. The van der Waals surface area contributed by atoms with E-state index in [4.69, 9.17) is 10.5 Å². The van der Waals surface area contributed by atoms with Crippen LogP contribution in [0.5, 0.6) is 5.75 Å². The summed E-state index contributed by atoms with van der Waals surface area (Å²) in [6.07, 6.45) is 4.83. The number of rotatable bonds is 4. The van der Waals surface area contributed by atoms with Crippen LogP contribution in [0.4, 0.5) is 0 Å². The van der Waals surface area contributed by atoms with Gasteiger partial charge >= 0.3 is 0 Å². The largest absolute Gasteiger partial charge is 0.496 e. The van der Waals surface area contributed by atoms with Gasteiger partial charge in [-0.15, -0.1) is 0 Å². The molecular formula is C15H22BrNO. The van der Waals surface area contributed by atoms with E-state index < -0.39 is 0 Å². The Bertz CT molecular complexity index is 407. The first-order valence-electron chi connectivity index (χ1n) is 6.70. The summed E-state index contributed by atoms with van der Waals surface area (Å²) >= 11 is 3.51. The zero-order valence-electron chi connectivity index (χ0n) is 11.2. The zero-order valence-corrected chi connectivity index (χ0v) is 12.7. The van der Waals surface area contributed by atoms with Crippen LogP contribution in [0.1, 0.15) is 31.7 Å². The van der Waals surface area contributed by atoms with Crippen LogP contribution in [0.2, 0.25) is 0 Å². The molecule has 3 atom stereocenters. The van der Waals surface area contributed by atoms with Crippen molar-refractivity contribution in [3.05, 3.63) is 28.2 Å². The quantitative estimate of drug-likeness (QED) is 0.918. The third-order valence-corrected chi connectivity index (χ3v) is 4.67. The van der Waals surface area contributed by atoms with Crippen molar-refractivity contribution in [1.29, 1.82) is 0 Å². The Hall–Kier alpha value is -0.540. The highest BCUT2D eigenvalue weighted by Gasteiger charge is 2.29. The van der Waals surface area contributed by atoms with E-state index in [1.807, 2.05) is 12.1 Å². The molecule has 1 fully saturated rings. The van der Waals surface area contributed by atoms with Gasteiger partial charge in [0.05, 0.1) is 7.11 Å². The molecule has 0 bridgehead atoms. The Morgan fingerprint density at radius 1 is 1.44 bits per heavy atom. The lowest BCUT2D eigenvalue weighted by atomic mass is 9.87. The van der Waals surface area contributed by atoms with Crippen molar-refractivity contribution in [3.63, 3.8) is 0 Å². The molecule has 3 unspecified atom stereocenters. The van der Waals surface area contributed by atoms with Gasteiger partial charge in [0.1, 0.15) is 5.75 Å². The molecule has 1 aliphatic carbocycles. The lowest BCUT2D eigenvalue weighted by Gasteiger charge is -2.24. The van der Waals surface area contributed by atoms with E-state index in [9.17, 15) is 0 Å². The monoisotopic (exact) mass is 311 g/mol. The van der Waals surface area contributed by atoms with Gasteiger partial charge in [0, 0.05) is 10.5 Å². The number of ether oxygens (including phenoxy) is 1. The van der Waals surface area contributed by atoms with Crippen LogP contribution in [0.15, 0.2) is 22.7 Å². The fraction of sp³-hybridized carbons (Fsp3) is 0.600. The fourth-order valence-electron chi connectivity index (χ4n) is 3.12. The Kier molecular flexibility index (Phi) is 4.68. The second kappa shape index (κ2) is 6.07. The Labute approximate surface area is 118 Å². The molecule has 0 aromatic heterocycles. The summed E-state index contributed by atoms with van der Waals surface area (Å²) in [4.78, 5) is 0. The number of hydrogen-bond donors (Lipinski definition) is 1. The van der Waals surface area contributed by atoms with Gasteiger partial charge in [0.2, 0.25) is 0 Å². The minimum absolute atomic E-state index is 0.241. The second-order valence-electron chi connectivity index (χ2n) is 5.40. The minimum Gasteiger partial charge on any atom is -0.496 e. The predicted molar refractivity (Wildman–Crippen MR) is 78.9 cm³/mol. The number of halogens is 1. The van der Waals surface area contributed by atoms with E-state index >= 15 is 0 Å². The van der Waals surface area contributed by atoms with Gasteiger partial charge in [0.15, 0.2) is 0 Å². The SMILES string of the molecule is COc1ccc(Br)cc1CC(N)C1CCCC1C. The van der Waals surface area contributed by atoms with Crippen molar-refractivity contribution >= 4 is 15.9 Å². The lowest BCUT2D eigenvalue weighted by molar-refractivity contribution is 0.338. The van der Waals surface area contributed by atoms with Crippen LogP contribution in [0.3, 0.4) is 0 Å². The molecule has 1 aromatic rings. The average molecular weight is 312 g/mol. The first kappa shape index (κ1) is 13.9. The molecule has 0 heterocycles. The second-order valence-corrected chi connectivity index (χ2v) is 6.31. The highest BCUT2D eigenvalue weighted by atomic mass is 79.9. The molecule has 1 aromatic carbocycles. The third-order valence-electron chi connectivity index (χ3n) is 4.18. The van der Waals surface area contributed by atoms with E-state index in [-0.39, 0.29) is 6.04 Å². The first-order chi connectivity index (χ1) is 8.61. The van der Waals surface area contributed by atoms with Crippen molar-refractivity contribution in [2.24, 2.45) is 17.6 Å². The van der Waals surface area contributed by atoms with Gasteiger partial charge in [-0.2, -0.15) is 0 Å². The van der Waals surface area contributed by atoms with Crippen LogP contribution in [-0.4, -0.2) is 13.2 Å². The summed E-state index contributed by atoms with van der Waals surface area (Å²) in [5, 5.41) is 0. The smallest absolute Gasteiger partial charge is 0.122 e. The van der Waals surface area contributed by atoms with Crippen LogP contribution < -0.4 is 10.5 Å². The number of hydrogen-bond acceptors (Lipinski definition) is 2. The normalized spacial score (nSPS) is 25.1. The highest BCUT2D eigenvalue weighted by Crippen LogP contribution is 2.35. The van der Waals surface area contributed by atoms with Crippen LogP contribution in [-0.2, 0) is 6.42 Å². The molecule has 1 aliphatic rings. The maximum absolute atomic E-state index is 6.40. The number of methoxy groups -OCH3 is 1. The lowest BCUT2D eigenvalue weighted by Crippen LogP contribution is -2.33. The number of nitrogens with two attached hydrogens (primary N) is 1. The van der Waals surface area contributed by atoms with E-state index in [0.29, 0.717) is 5.92 Å². The molecule has 0 amide bonds. The molecule has 0 saturated heterocycles. The standard InChI is InChI=1S/C15H22BrNO/c1-10-4-3-5-13(10)14(17)9-11-8-12(16)6-7-15(11)18-2/h6-8,10,13-14H,3-5,9,17H2,1-2H3.